The van der Waals surface area contributed by atoms with Gasteiger partial charge in [0, 0.05) is 43.2 Å². The molecule has 128 valence electrons. The number of amides is 1. The Balaban J connectivity index is 1.56. The SMILES string of the molecule is Cc1nc(C(C)N2CCN(c3cccc4cnccc34)C(=O)C2)no1. The minimum atomic E-state index is -0.0553. The molecule has 0 radical (unpaired) electrons. The topological polar surface area (TPSA) is 75.4 Å². The number of aryl methyl sites for hydroxylation is 1. The highest BCUT2D eigenvalue weighted by atomic mass is 16.5. The second-order valence-electron chi connectivity index (χ2n) is 6.24. The zero-order chi connectivity index (χ0) is 17.4. The third-order valence-corrected chi connectivity index (χ3v) is 4.66. The molecule has 7 heteroatoms. The fourth-order valence-corrected chi connectivity index (χ4v) is 3.27. The minimum Gasteiger partial charge on any atom is -0.340 e. The number of rotatable bonds is 3. The van der Waals surface area contributed by atoms with Gasteiger partial charge in [0.05, 0.1) is 18.3 Å². The van der Waals surface area contributed by atoms with E-state index in [9.17, 15) is 4.79 Å². The van der Waals surface area contributed by atoms with Crippen molar-refractivity contribution in [1.82, 2.24) is 20.0 Å². The predicted octanol–water partition coefficient (Wildman–Crippen LogP) is 2.34. The van der Waals surface area contributed by atoms with Crippen molar-refractivity contribution in [2.75, 3.05) is 24.5 Å². The highest BCUT2D eigenvalue weighted by molar-refractivity contribution is 6.04. The molecular formula is C18H19N5O2. The zero-order valence-corrected chi connectivity index (χ0v) is 14.2. The largest absolute Gasteiger partial charge is 0.340 e. The van der Waals surface area contributed by atoms with Crippen molar-refractivity contribution < 1.29 is 9.32 Å². The molecule has 0 spiro atoms. The summed E-state index contributed by atoms with van der Waals surface area (Å²) in [4.78, 5) is 25.2. The van der Waals surface area contributed by atoms with Gasteiger partial charge in [0.1, 0.15) is 0 Å². The van der Waals surface area contributed by atoms with E-state index in [1.165, 1.54) is 0 Å². The molecular weight excluding hydrogens is 318 g/mol. The zero-order valence-electron chi connectivity index (χ0n) is 14.2. The van der Waals surface area contributed by atoms with E-state index in [-0.39, 0.29) is 11.9 Å². The maximum absolute atomic E-state index is 12.8. The highest BCUT2D eigenvalue weighted by Crippen LogP contribution is 2.29. The quantitative estimate of drug-likeness (QED) is 0.730. The summed E-state index contributed by atoms with van der Waals surface area (Å²) in [5, 5.41) is 6.05. The van der Waals surface area contributed by atoms with Crippen LogP contribution in [0.3, 0.4) is 0 Å². The first-order chi connectivity index (χ1) is 12.1. The third kappa shape index (κ3) is 2.87. The summed E-state index contributed by atoms with van der Waals surface area (Å²) in [5.74, 6) is 1.23. The van der Waals surface area contributed by atoms with Crippen molar-refractivity contribution in [3.05, 3.63) is 48.4 Å². The van der Waals surface area contributed by atoms with Gasteiger partial charge in [0.2, 0.25) is 11.8 Å². The molecule has 0 aliphatic carbocycles. The number of pyridine rings is 1. The second-order valence-corrected chi connectivity index (χ2v) is 6.24. The Labute approximate surface area is 145 Å². The van der Waals surface area contributed by atoms with Gasteiger partial charge in [-0.1, -0.05) is 17.3 Å². The number of fused-ring (bicyclic) bond motifs is 1. The van der Waals surface area contributed by atoms with Gasteiger partial charge < -0.3 is 9.42 Å². The predicted molar refractivity (Wildman–Crippen MR) is 93.1 cm³/mol. The van der Waals surface area contributed by atoms with Gasteiger partial charge in [-0.15, -0.1) is 0 Å². The molecule has 25 heavy (non-hydrogen) atoms. The molecule has 1 unspecified atom stereocenters. The molecule has 0 saturated carbocycles. The van der Waals surface area contributed by atoms with E-state index in [1.807, 2.05) is 42.3 Å². The number of carbonyl (C=O) groups is 1. The van der Waals surface area contributed by atoms with E-state index in [0.29, 0.717) is 24.8 Å². The number of nitrogens with zero attached hydrogens (tertiary/aromatic N) is 5. The van der Waals surface area contributed by atoms with E-state index >= 15 is 0 Å². The molecule has 4 rings (SSSR count). The summed E-state index contributed by atoms with van der Waals surface area (Å²) in [5.41, 5.74) is 0.938. The van der Waals surface area contributed by atoms with Crippen molar-refractivity contribution in [2.45, 2.75) is 19.9 Å². The molecule has 1 atom stereocenters. The standard InChI is InChI=1S/C18H19N5O2/c1-12(18-20-13(2)25-21-18)22-8-9-23(17(24)11-22)16-5-3-4-14-10-19-7-6-15(14)16/h3-7,10,12H,8-9,11H2,1-2H3. The van der Waals surface area contributed by atoms with Crippen LogP contribution in [-0.4, -0.2) is 45.6 Å². The molecule has 0 bridgehead atoms. The van der Waals surface area contributed by atoms with Crippen molar-refractivity contribution in [3.63, 3.8) is 0 Å². The normalized spacial score (nSPS) is 17.2. The smallest absolute Gasteiger partial charge is 0.241 e. The molecule has 3 aromatic rings. The Morgan fingerprint density at radius 2 is 2.12 bits per heavy atom. The molecule has 1 aliphatic heterocycles. The second kappa shape index (κ2) is 6.25. The molecule has 3 heterocycles. The Morgan fingerprint density at radius 1 is 1.24 bits per heavy atom. The molecule has 7 nitrogen and oxygen atoms in total. The van der Waals surface area contributed by atoms with Crippen molar-refractivity contribution in [2.24, 2.45) is 0 Å². The molecule has 1 aromatic carbocycles. The van der Waals surface area contributed by atoms with E-state index in [1.54, 1.807) is 13.1 Å². The summed E-state index contributed by atoms with van der Waals surface area (Å²) in [6, 6.07) is 7.86. The highest BCUT2D eigenvalue weighted by Gasteiger charge is 2.30. The average Bonchev–Trinajstić information content (AvgIpc) is 3.07. The Hall–Kier alpha value is -2.80. The first-order valence-electron chi connectivity index (χ1n) is 8.31. The van der Waals surface area contributed by atoms with Crippen molar-refractivity contribution in [1.29, 1.82) is 0 Å². The van der Waals surface area contributed by atoms with Crippen LogP contribution < -0.4 is 4.90 Å². The van der Waals surface area contributed by atoms with Crippen LogP contribution in [0.2, 0.25) is 0 Å². The summed E-state index contributed by atoms with van der Waals surface area (Å²) < 4.78 is 5.05. The number of anilines is 1. The Bertz CT molecular complexity index is 917. The van der Waals surface area contributed by atoms with Crippen LogP contribution >= 0.6 is 0 Å². The van der Waals surface area contributed by atoms with Crippen molar-refractivity contribution >= 4 is 22.4 Å². The fourth-order valence-electron chi connectivity index (χ4n) is 3.27. The maximum Gasteiger partial charge on any atom is 0.241 e. The molecule has 0 N–H and O–H groups in total. The molecule has 1 fully saturated rings. The van der Waals surface area contributed by atoms with Crippen LogP contribution in [0.5, 0.6) is 0 Å². The number of piperazine rings is 1. The number of carbonyl (C=O) groups excluding carboxylic acids is 1. The van der Waals surface area contributed by atoms with Gasteiger partial charge >= 0.3 is 0 Å². The van der Waals surface area contributed by atoms with E-state index in [4.69, 9.17) is 4.52 Å². The molecule has 2 aromatic heterocycles. The third-order valence-electron chi connectivity index (χ3n) is 4.66. The fraction of sp³-hybridized carbons (Fsp3) is 0.333. The van der Waals surface area contributed by atoms with Gasteiger partial charge in [-0.25, -0.2) is 0 Å². The monoisotopic (exact) mass is 337 g/mol. The van der Waals surface area contributed by atoms with Crippen LogP contribution in [0.4, 0.5) is 5.69 Å². The number of benzene rings is 1. The molecule has 1 saturated heterocycles. The summed E-state index contributed by atoms with van der Waals surface area (Å²) in [6.45, 7) is 5.47. The first-order valence-corrected chi connectivity index (χ1v) is 8.31. The summed E-state index contributed by atoms with van der Waals surface area (Å²) in [6.07, 6.45) is 3.58. The van der Waals surface area contributed by atoms with Crippen molar-refractivity contribution in [3.8, 4) is 0 Å². The summed E-state index contributed by atoms with van der Waals surface area (Å²) in [7, 11) is 0. The van der Waals surface area contributed by atoms with Gasteiger partial charge in [-0.2, -0.15) is 4.98 Å². The Morgan fingerprint density at radius 3 is 2.88 bits per heavy atom. The van der Waals surface area contributed by atoms with Crippen LogP contribution in [0.15, 0.2) is 41.2 Å². The van der Waals surface area contributed by atoms with Crippen LogP contribution in [-0.2, 0) is 4.79 Å². The van der Waals surface area contributed by atoms with Crippen LogP contribution in [0, 0.1) is 6.92 Å². The maximum atomic E-state index is 12.8. The van der Waals surface area contributed by atoms with Crippen LogP contribution in [0.1, 0.15) is 24.7 Å². The first kappa shape index (κ1) is 15.7. The molecule has 1 amide bonds. The average molecular weight is 337 g/mol. The van der Waals surface area contributed by atoms with Gasteiger partial charge in [-0.3, -0.25) is 14.7 Å². The van der Waals surface area contributed by atoms with E-state index in [2.05, 4.69) is 20.0 Å². The lowest BCUT2D eigenvalue weighted by atomic mass is 10.1. The lowest BCUT2D eigenvalue weighted by molar-refractivity contribution is -0.122. The number of hydrogen-bond donors (Lipinski definition) is 0. The Kier molecular flexibility index (Phi) is 3.93. The lowest BCUT2D eigenvalue weighted by Crippen LogP contribution is -2.51. The van der Waals surface area contributed by atoms with Gasteiger partial charge in [-0.05, 0) is 19.1 Å². The number of hydrogen-bond acceptors (Lipinski definition) is 6. The van der Waals surface area contributed by atoms with Gasteiger partial charge in [0.15, 0.2) is 5.82 Å². The summed E-state index contributed by atoms with van der Waals surface area (Å²) >= 11 is 0. The molecule has 1 aliphatic rings. The number of aromatic nitrogens is 3. The van der Waals surface area contributed by atoms with Gasteiger partial charge in [0.25, 0.3) is 0 Å². The van der Waals surface area contributed by atoms with E-state index in [0.717, 1.165) is 23.0 Å². The minimum absolute atomic E-state index is 0.0553. The van der Waals surface area contributed by atoms with Crippen LogP contribution in [0.25, 0.3) is 10.8 Å². The lowest BCUT2D eigenvalue weighted by Gasteiger charge is -2.36. The van der Waals surface area contributed by atoms with E-state index < -0.39 is 0 Å².